The summed E-state index contributed by atoms with van der Waals surface area (Å²) in [5, 5.41) is -0.676. The van der Waals surface area contributed by atoms with Crippen LogP contribution in [0.25, 0.3) is 49.9 Å². The van der Waals surface area contributed by atoms with Gasteiger partial charge in [-0.15, -0.1) is 48.0 Å². The quantitative estimate of drug-likeness (QED) is 0.149. The van der Waals surface area contributed by atoms with Gasteiger partial charge >= 0.3 is 0 Å². The Morgan fingerprint density at radius 1 is 0.651 bits per heavy atom. The number of nitrogens with zero attached hydrogens (tertiary/aromatic N) is 4. The van der Waals surface area contributed by atoms with Gasteiger partial charge in [-0.1, -0.05) is 144 Å². The van der Waals surface area contributed by atoms with E-state index in [1.807, 2.05) is 6.07 Å². The number of hydrogen-bond acceptors (Lipinski definition) is 4. The number of fused-ring (bicyclic) bond motifs is 4. The summed E-state index contributed by atoms with van der Waals surface area (Å²) in [5.41, 5.74) is 2.19. The van der Waals surface area contributed by atoms with Crippen LogP contribution in [-0.2, 0) is 31.9 Å². The van der Waals surface area contributed by atoms with Crippen LogP contribution in [0.3, 0.4) is 0 Å². The van der Waals surface area contributed by atoms with E-state index in [1.54, 1.807) is 48.0 Å². The van der Waals surface area contributed by atoms with Crippen molar-refractivity contribution in [2.24, 2.45) is 0 Å². The maximum atomic E-state index is 9.37. The van der Waals surface area contributed by atoms with E-state index in [0.29, 0.717) is 22.6 Å². The van der Waals surface area contributed by atoms with Gasteiger partial charge in [-0.2, -0.15) is 12.1 Å². The predicted octanol–water partition coefficient (Wildman–Crippen LogP) is 15.2. The van der Waals surface area contributed by atoms with Gasteiger partial charge in [-0.25, -0.2) is 4.98 Å². The van der Waals surface area contributed by atoms with Gasteiger partial charge in [-0.05, 0) is 85.3 Å². The largest absolute Gasteiger partial charge is 0.509 e. The molecule has 316 valence electrons. The number of ether oxygens (including phenoxy) is 1. The summed E-state index contributed by atoms with van der Waals surface area (Å²) in [6.07, 6.45) is -0.899. The fourth-order valence-corrected chi connectivity index (χ4v) is 7.50. The molecule has 0 saturated heterocycles. The minimum absolute atomic E-state index is 0. The molecule has 0 amide bonds. The van der Waals surface area contributed by atoms with Crippen LogP contribution in [0.2, 0.25) is 0 Å². The second-order valence-corrected chi connectivity index (χ2v) is 16.8. The smallest absolute Gasteiger partial charge is 0.135 e. The third-order valence-corrected chi connectivity index (χ3v) is 10.6. The molecule has 0 aliphatic carbocycles. The van der Waals surface area contributed by atoms with E-state index < -0.39 is 144 Å². The summed E-state index contributed by atoms with van der Waals surface area (Å²) in [7, 11) is 0. The molecular weight excluding hydrogens is 952 g/mol. The molecule has 3 heterocycles. The zero-order chi connectivity index (χ0) is 60.0. The minimum atomic E-state index is -3.14. The molecule has 9 aromatic rings. The second-order valence-electron chi connectivity index (χ2n) is 16.8. The van der Waals surface area contributed by atoms with Crippen LogP contribution < -0.4 is 14.5 Å². The molecule has 0 atom stereocenters. The summed E-state index contributed by atoms with van der Waals surface area (Å²) in [5.74, 6) is -1.90. The van der Waals surface area contributed by atoms with Crippen LogP contribution in [-0.4, -0.2) is 9.55 Å². The molecule has 0 saturated carbocycles. The van der Waals surface area contributed by atoms with Crippen molar-refractivity contribution in [2.45, 2.75) is 59.2 Å². The molecular formula is C57H49N4OPt-3. The molecule has 10 rings (SSSR count). The normalized spacial score (nSPS) is 17.4. The van der Waals surface area contributed by atoms with E-state index in [2.05, 4.69) is 76.9 Å². The van der Waals surface area contributed by atoms with E-state index in [4.69, 9.17) is 25.3 Å². The molecule has 0 N–H and O–H groups in total. The number of hydrogen-bond donors (Lipinski definition) is 0. The number of para-hydroxylation sites is 4. The Morgan fingerprint density at radius 2 is 1.33 bits per heavy atom. The number of aromatic nitrogens is 2. The number of pyridine rings is 1. The maximum absolute atomic E-state index is 9.37. The topological polar surface area (TPSA) is 33.5 Å². The predicted molar refractivity (Wildman–Crippen MR) is 257 cm³/mol. The molecule has 63 heavy (non-hydrogen) atoms. The average Bonchev–Trinajstić information content (AvgIpc) is 2.36. The molecule has 6 heteroatoms. The van der Waals surface area contributed by atoms with Crippen LogP contribution in [0.1, 0.15) is 85.6 Å². The Labute approximate surface area is 414 Å². The van der Waals surface area contributed by atoms with Gasteiger partial charge < -0.3 is 19.1 Å². The van der Waals surface area contributed by atoms with Crippen LogP contribution in [0.4, 0.5) is 22.7 Å². The van der Waals surface area contributed by atoms with Gasteiger partial charge in [0.1, 0.15) is 5.82 Å². The number of benzene rings is 7. The van der Waals surface area contributed by atoms with Gasteiger partial charge in [0, 0.05) is 79.3 Å². The first kappa shape index (κ1) is 24.4. The molecule has 0 unspecified atom stereocenters. The molecule has 0 spiro atoms. The first-order valence-electron chi connectivity index (χ1n) is 29.7. The van der Waals surface area contributed by atoms with Crippen molar-refractivity contribution in [1.29, 1.82) is 0 Å². The van der Waals surface area contributed by atoms with Crippen molar-refractivity contribution in [3.63, 3.8) is 0 Å². The van der Waals surface area contributed by atoms with Crippen LogP contribution in [0, 0.1) is 25.7 Å². The fraction of sp³-hybridized carbons (Fsp3) is 0.158. The summed E-state index contributed by atoms with van der Waals surface area (Å²) in [6.45, 7) is 11.0. The molecule has 1 aliphatic rings. The zero-order valence-electron chi connectivity index (χ0n) is 54.9. The van der Waals surface area contributed by atoms with Gasteiger partial charge in [-0.3, -0.25) is 0 Å². The van der Waals surface area contributed by atoms with Crippen molar-refractivity contribution >= 4 is 44.6 Å². The second kappa shape index (κ2) is 16.4. The number of anilines is 4. The standard InChI is InChI=1S/C57H49N4O.Pt/c1-38-29-30-58-54(31-38)61-50-24-12-11-21-48(50)49-28-27-45(36-53(49)61)62-44-20-15-19-43(35-44)59-37-60(52-26-14-13-25-51(52)59)55-46(39-17-9-8-10-18-39)22-16-23-47(55)40-32-41(56(2,3)4)34-42(33-40)57(5,6)7;/h8-34,37H,1-7H3;/q-3;/i1D3,8D,9D,10D,11D,12D,15D,17D,18D,19D,20D,21D,24D,27D,28D,29D,30D,31D;. The molecule has 5 nitrogen and oxygen atoms in total. The Bertz CT molecular complexity index is 4180. The Balaban J connectivity index is 0.00000828. The third-order valence-electron chi connectivity index (χ3n) is 10.6. The van der Waals surface area contributed by atoms with E-state index in [9.17, 15) is 6.85 Å². The zero-order valence-corrected chi connectivity index (χ0v) is 37.1. The molecule has 2 aromatic heterocycles. The molecule has 0 fully saturated rings. The summed E-state index contributed by atoms with van der Waals surface area (Å²) in [4.78, 5) is 7.30. The first-order valence-corrected chi connectivity index (χ1v) is 19.7. The van der Waals surface area contributed by atoms with Crippen molar-refractivity contribution in [1.82, 2.24) is 9.55 Å². The Hall–Kier alpha value is -6.42. The fourth-order valence-electron chi connectivity index (χ4n) is 7.50. The van der Waals surface area contributed by atoms with Crippen LogP contribution >= 0.6 is 0 Å². The Morgan fingerprint density at radius 3 is 2.06 bits per heavy atom. The maximum Gasteiger partial charge on any atom is 0.135 e. The van der Waals surface area contributed by atoms with Gasteiger partial charge in [0.2, 0.25) is 0 Å². The first-order chi connectivity index (χ1) is 38.2. The van der Waals surface area contributed by atoms with E-state index in [1.165, 1.54) is 4.90 Å². The monoisotopic (exact) mass is 1020 g/mol. The molecule has 1 aliphatic heterocycles. The Kier molecular flexibility index (Phi) is 6.35. The molecule has 7 aromatic carbocycles. The number of rotatable bonds is 7. The van der Waals surface area contributed by atoms with Crippen molar-refractivity contribution in [2.75, 3.05) is 9.80 Å². The van der Waals surface area contributed by atoms with Crippen molar-refractivity contribution < 1.29 is 53.2 Å². The molecule has 0 radical (unpaired) electrons. The molecule has 0 bridgehead atoms. The summed E-state index contributed by atoms with van der Waals surface area (Å²) >= 11 is 0. The van der Waals surface area contributed by atoms with Crippen LogP contribution in [0.5, 0.6) is 11.5 Å². The van der Waals surface area contributed by atoms with Crippen molar-refractivity contribution in [3.8, 4) is 39.6 Å². The van der Waals surface area contributed by atoms with Gasteiger partial charge in [0.25, 0.3) is 0 Å². The summed E-state index contributed by atoms with van der Waals surface area (Å²) in [6, 6.07) is 13.6. The van der Waals surface area contributed by atoms with E-state index >= 15 is 0 Å². The van der Waals surface area contributed by atoms with Gasteiger partial charge in [0.05, 0.1) is 16.4 Å². The minimum Gasteiger partial charge on any atom is -0.509 e. The average molecular weight is 1020 g/mol. The SMILES string of the molecule is [2H]c1nc(-n2c3[c-]c(Oc4[c-]c(N5[CH-]N(c6c(-c7cc(C(C)(C)C)cc(C(C)(C)C)c7)cccc6-c6c([2H])c([2H])c([2H])c([2H])c6[2H])c6ccccc65)c([2H])c([2H])c4[2H])c([2H])c([2H])c3c3c([2H])c([2H])c([2H])c([2H])c32)c([2H])c(C([2H])([2H])[2H])c1[2H].[Pt]. The van der Waals surface area contributed by atoms with Gasteiger partial charge in [0.15, 0.2) is 0 Å². The van der Waals surface area contributed by atoms with E-state index in [0.717, 1.165) is 21.3 Å². The van der Waals surface area contributed by atoms with Crippen LogP contribution in [0.15, 0.2) is 164 Å². The van der Waals surface area contributed by atoms with Crippen molar-refractivity contribution in [3.05, 3.63) is 199 Å². The third kappa shape index (κ3) is 7.85. The summed E-state index contributed by atoms with van der Waals surface area (Å²) < 4.78 is 183. The van der Waals surface area contributed by atoms with E-state index in [-0.39, 0.29) is 59.5 Å².